The van der Waals surface area contributed by atoms with Crippen LogP contribution in [0.1, 0.15) is 23.2 Å². The quantitative estimate of drug-likeness (QED) is 0.821. The number of nitrogens with zero attached hydrogens (tertiary/aromatic N) is 3. The summed E-state index contributed by atoms with van der Waals surface area (Å²) in [5, 5.41) is 8.90. The topological polar surface area (TPSA) is 39.9 Å². The van der Waals surface area contributed by atoms with Crippen molar-refractivity contribution in [3.05, 3.63) is 59.4 Å². The Bertz CT molecular complexity index is 628. The first kappa shape index (κ1) is 11.7. The van der Waals surface area contributed by atoms with Crippen molar-refractivity contribution < 1.29 is 0 Å². The summed E-state index contributed by atoms with van der Waals surface area (Å²) in [4.78, 5) is 6.40. The van der Waals surface area contributed by atoms with E-state index >= 15 is 0 Å². The minimum absolute atomic E-state index is 0.489. The van der Waals surface area contributed by atoms with Crippen LogP contribution in [0.5, 0.6) is 0 Å². The molecular weight excluding hydrogens is 234 g/mol. The Morgan fingerprint density at radius 1 is 1.26 bits per heavy atom. The highest BCUT2D eigenvalue weighted by atomic mass is 15.1. The first-order valence-corrected chi connectivity index (χ1v) is 6.55. The standard InChI is InChI=1S/C16H15N3/c17-11-15-10-13(7-8-18-15)12-19-9-3-5-14-4-1-2-6-16(14)19/h1-2,4,6-8,10H,3,5,9,12H2. The molecule has 0 atom stereocenters. The minimum atomic E-state index is 0.489. The smallest absolute Gasteiger partial charge is 0.140 e. The molecule has 1 aromatic heterocycles. The predicted octanol–water partition coefficient (Wildman–Crippen LogP) is 2.91. The second-order valence-corrected chi connectivity index (χ2v) is 4.81. The highest BCUT2D eigenvalue weighted by Gasteiger charge is 2.16. The summed E-state index contributed by atoms with van der Waals surface area (Å²) >= 11 is 0. The van der Waals surface area contributed by atoms with E-state index < -0.39 is 0 Å². The van der Waals surface area contributed by atoms with Gasteiger partial charge in [0.05, 0.1) is 0 Å². The highest BCUT2D eigenvalue weighted by molar-refractivity contribution is 5.55. The summed E-state index contributed by atoms with van der Waals surface area (Å²) in [7, 11) is 0. The number of rotatable bonds is 2. The molecule has 0 N–H and O–H groups in total. The van der Waals surface area contributed by atoms with Crippen molar-refractivity contribution in [1.82, 2.24) is 4.98 Å². The number of aromatic nitrogens is 1. The van der Waals surface area contributed by atoms with E-state index in [2.05, 4.69) is 40.2 Å². The van der Waals surface area contributed by atoms with E-state index in [1.165, 1.54) is 17.7 Å². The molecule has 1 aliphatic heterocycles. The van der Waals surface area contributed by atoms with Gasteiger partial charge in [-0.3, -0.25) is 0 Å². The molecule has 19 heavy (non-hydrogen) atoms. The van der Waals surface area contributed by atoms with E-state index in [0.717, 1.165) is 25.1 Å². The number of hydrogen-bond acceptors (Lipinski definition) is 3. The van der Waals surface area contributed by atoms with Gasteiger partial charge in [-0.25, -0.2) is 4.98 Å². The van der Waals surface area contributed by atoms with Gasteiger partial charge in [0.15, 0.2) is 0 Å². The van der Waals surface area contributed by atoms with Crippen LogP contribution in [0.3, 0.4) is 0 Å². The number of para-hydroxylation sites is 1. The molecule has 0 spiro atoms. The molecular formula is C16H15N3. The van der Waals surface area contributed by atoms with Gasteiger partial charge < -0.3 is 4.90 Å². The van der Waals surface area contributed by atoms with E-state index in [1.54, 1.807) is 6.20 Å². The zero-order valence-corrected chi connectivity index (χ0v) is 10.7. The number of anilines is 1. The molecule has 2 heterocycles. The van der Waals surface area contributed by atoms with Crippen LogP contribution in [0.25, 0.3) is 0 Å². The van der Waals surface area contributed by atoms with Crippen LogP contribution in [0.4, 0.5) is 5.69 Å². The average molecular weight is 249 g/mol. The Balaban J connectivity index is 1.86. The van der Waals surface area contributed by atoms with Crippen LogP contribution < -0.4 is 4.90 Å². The lowest BCUT2D eigenvalue weighted by molar-refractivity contribution is 0.691. The normalized spacial score (nSPS) is 13.7. The van der Waals surface area contributed by atoms with Crippen molar-refractivity contribution >= 4 is 5.69 Å². The zero-order chi connectivity index (χ0) is 13.1. The summed E-state index contributed by atoms with van der Waals surface area (Å²) in [6, 6.07) is 14.5. The molecule has 2 aromatic rings. The van der Waals surface area contributed by atoms with Crippen molar-refractivity contribution in [2.24, 2.45) is 0 Å². The summed E-state index contributed by atoms with van der Waals surface area (Å²) in [6.07, 6.45) is 4.06. The third-order valence-corrected chi connectivity index (χ3v) is 3.52. The second-order valence-electron chi connectivity index (χ2n) is 4.81. The maximum Gasteiger partial charge on any atom is 0.140 e. The van der Waals surface area contributed by atoms with Crippen molar-refractivity contribution in [2.75, 3.05) is 11.4 Å². The van der Waals surface area contributed by atoms with Gasteiger partial charge in [-0.15, -0.1) is 0 Å². The van der Waals surface area contributed by atoms with Crippen LogP contribution in [0, 0.1) is 11.3 Å². The van der Waals surface area contributed by atoms with Gasteiger partial charge in [0.2, 0.25) is 0 Å². The number of nitriles is 1. The molecule has 0 aliphatic carbocycles. The molecule has 0 unspecified atom stereocenters. The molecule has 0 fully saturated rings. The van der Waals surface area contributed by atoms with Crippen LogP contribution in [0.2, 0.25) is 0 Å². The van der Waals surface area contributed by atoms with E-state index in [9.17, 15) is 0 Å². The molecule has 94 valence electrons. The molecule has 0 amide bonds. The fourth-order valence-electron chi connectivity index (χ4n) is 2.63. The molecule has 0 saturated heterocycles. The Morgan fingerprint density at radius 2 is 2.16 bits per heavy atom. The largest absolute Gasteiger partial charge is 0.367 e. The molecule has 3 heteroatoms. The van der Waals surface area contributed by atoms with Gasteiger partial charge in [-0.05, 0) is 42.2 Å². The maximum atomic E-state index is 8.90. The van der Waals surface area contributed by atoms with Gasteiger partial charge in [0.25, 0.3) is 0 Å². The third-order valence-electron chi connectivity index (χ3n) is 3.52. The van der Waals surface area contributed by atoms with Gasteiger partial charge in [0, 0.05) is 25.0 Å². The first-order valence-electron chi connectivity index (χ1n) is 6.55. The van der Waals surface area contributed by atoms with E-state index in [0.29, 0.717) is 5.69 Å². The fourth-order valence-corrected chi connectivity index (χ4v) is 2.63. The van der Waals surface area contributed by atoms with E-state index in [1.807, 2.05) is 12.1 Å². The number of pyridine rings is 1. The fraction of sp³-hybridized carbons (Fsp3) is 0.250. The van der Waals surface area contributed by atoms with Gasteiger partial charge in [-0.1, -0.05) is 18.2 Å². The number of fused-ring (bicyclic) bond motifs is 1. The number of aryl methyl sites for hydroxylation is 1. The number of hydrogen-bond donors (Lipinski definition) is 0. The SMILES string of the molecule is N#Cc1cc(CN2CCCc3ccccc32)ccn1. The maximum absolute atomic E-state index is 8.90. The summed E-state index contributed by atoms with van der Waals surface area (Å²) in [5.74, 6) is 0. The lowest BCUT2D eigenvalue weighted by atomic mass is 10.0. The molecule has 0 radical (unpaired) electrons. The summed E-state index contributed by atoms with van der Waals surface area (Å²) in [5.41, 5.74) is 4.37. The first-order chi connectivity index (χ1) is 9.36. The molecule has 0 bridgehead atoms. The van der Waals surface area contributed by atoms with Crippen LogP contribution >= 0.6 is 0 Å². The molecule has 3 nitrogen and oxygen atoms in total. The van der Waals surface area contributed by atoms with Crippen LogP contribution in [0.15, 0.2) is 42.6 Å². The van der Waals surface area contributed by atoms with Crippen LogP contribution in [-0.2, 0) is 13.0 Å². The van der Waals surface area contributed by atoms with Crippen molar-refractivity contribution in [3.8, 4) is 6.07 Å². The summed E-state index contributed by atoms with van der Waals surface area (Å²) in [6.45, 7) is 1.91. The van der Waals surface area contributed by atoms with Crippen molar-refractivity contribution in [3.63, 3.8) is 0 Å². The monoisotopic (exact) mass is 249 g/mol. The number of benzene rings is 1. The molecule has 1 aliphatic rings. The Morgan fingerprint density at radius 3 is 3.05 bits per heavy atom. The second kappa shape index (κ2) is 5.11. The van der Waals surface area contributed by atoms with Gasteiger partial charge in [-0.2, -0.15) is 5.26 Å². The van der Waals surface area contributed by atoms with Crippen LogP contribution in [-0.4, -0.2) is 11.5 Å². The molecule has 0 saturated carbocycles. The van der Waals surface area contributed by atoms with Crippen molar-refractivity contribution in [2.45, 2.75) is 19.4 Å². The van der Waals surface area contributed by atoms with E-state index in [4.69, 9.17) is 5.26 Å². The van der Waals surface area contributed by atoms with Gasteiger partial charge >= 0.3 is 0 Å². The zero-order valence-electron chi connectivity index (χ0n) is 10.7. The van der Waals surface area contributed by atoms with Crippen molar-refractivity contribution in [1.29, 1.82) is 5.26 Å². The lowest BCUT2D eigenvalue weighted by Crippen LogP contribution is -2.28. The Labute approximate surface area is 113 Å². The van der Waals surface area contributed by atoms with Gasteiger partial charge in [0.1, 0.15) is 11.8 Å². The molecule has 3 rings (SSSR count). The summed E-state index contributed by atoms with van der Waals surface area (Å²) < 4.78 is 0. The predicted molar refractivity (Wildman–Crippen MR) is 74.8 cm³/mol. The Hall–Kier alpha value is -2.34. The minimum Gasteiger partial charge on any atom is -0.367 e. The molecule has 1 aromatic carbocycles. The lowest BCUT2D eigenvalue weighted by Gasteiger charge is -2.31. The van der Waals surface area contributed by atoms with E-state index in [-0.39, 0.29) is 0 Å². The third kappa shape index (κ3) is 2.43. The average Bonchev–Trinajstić information content (AvgIpc) is 2.48. The highest BCUT2D eigenvalue weighted by Crippen LogP contribution is 2.27. The Kier molecular flexibility index (Phi) is 3.16.